The molecule has 1 aromatic carbocycles. The minimum atomic E-state index is -0.911. The number of esters is 1. The summed E-state index contributed by atoms with van der Waals surface area (Å²) in [5.74, 6) is -2.38. The molecule has 4 atom stereocenters. The number of carbonyl (C=O) groups excluding carboxylic acids is 3. The summed E-state index contributed by atoms with van der Waals surface area (Å²) in [7, 11) is 0. The van der Waals surface area contributed by atoms with Gasteiger partial charge in [0.2, 0.25) is 11.7 Å². The van der Waals surface area contributed by atoms with Crippen LogP contribution in [0, 0.1) is 22.0 Å². The molecule has 0 saturated carbocycles. The van der Waals surface area contributed by atoms with Crippen molar-refractivity contribution >= 4 is 56.8 Å². The SMILES string of the molecule is CSc1cncc(C(=O)c2ncn3cc(C4=C(C(=O)OCc5ccc([N+](=O)[O-])cc5)N5C(=O)[C@H]([C@@H](C)O)[C@H]5[C@H]4C)sc23)c1. The second-order valence-electron chi connectivity index (χ2n) is 10.4. The number of thiazole rings is 1. The van der Waals surface area contributed by atoms with Gasteiger partial charge in [-0.25, -0.2) is 9.78 Å². The summed E-state index contributed by atoms with van der Waals surface area (Å²) in [6, 6.07) is 6.96. The number of ether oxygens (including phenoxy) is 1. The summed E-state index contributed by atoms with van der Waals surface area (Å²) in [6.45, 7) is 3.29. The number of fused-ring (bicyclic) bond motifs is 2. The van der Waals surface area contributed by atoms with Crippen LogP contribution in [0.2, 0.25) is 0 Å². The van der Waals surface area contributed by atoms with Gasteiger partial charge in [-0.1, -0.05) is 6.92 Å². The van der Waals surface area contributed by atoms with Crippen molar-refractivity contribution < 1.29 is 29.2 Å². The smallest absolute Gasteiger partial charge is 0.355 e. The molecule has 4 aromatic rings. The first-order valence-corrected chi connectivity index (χ1v) is 15.3. The highest BCUT2D eigenvalue weighted by atomic mass is 32.2. The molecule has 0 radical (unpaired) electrons. The van der Waals surface area contributed by atoms with Crippen LogP contribution in [0.1, 0.15) is 40.3 Å². The number of benzene rings is 1. The van der Waals surface area contributed by atoms with Gasteiger partial charge in [0.05, 0.1) is 27.9 Å². The molecule has 43 heavy (non-hydrogen) atoms. The fraction of sp³-hybridized carbons (Fsp3) is 0.276. The van der Waals surface area contributed by atoms with Crippen molar-refractivity contribution in [2.75, 3.05) is 6.26 Å². The number of hydrogen-bond donors (Lipinski definition) is 1. The number of imidazole rings is 1. The van der Waals surface area contributed by atoms with E-state index in [0.29, 0.717) is 26.4 Å². The first-order valence-electron chi connectivity index (χ1n) is 13.3. The van der Waals surface area contributed by atoms with E-state index < -0.39 is 29.0 Å². The fourth-order valence-corrected chi connectivity index (χ4v) is 7.31. The third kappa shape index (κ3) is 4.80. The molecule has 14 heteroatoms. The van der Waals surface area contributed by atoms with Gasteiger partial charge in [0.15, 0.2) is 0 Å². The monoisotopic (exact) mass is 619 g/mol. The van der Waals surface area contributed by atoms with Crippen LogP contribution in [0.25, 0.3) is 10.4 Å². The Kier molecular flexibility index (Phi) is 7.36. The largest absolute Gasteiger partial charge is 0.456 e. The second-order valence-corrected chi connectivity index (χ2v) is 12.3. The van der Waals surface area contributed by atoms with E-state index in [0.717, 1.165) is 4.90 Å². The van der Waals surface area contributed by atoms with Gasteiger partial charge in [0, 0.05) is 52.7 Å². The minimum Gasteiger partial charge on any atom is -0.456 e. The highest BCUT2D eigenvalue weighted by molar-refractivity contribution is 7.98. The van der Waals surface area contributed by atoms with E-state index in [1.165, 1.54) is 64.8 Å². The molecular formula is C29H25N5O7S2. The Morgan fingerprint density at radius 3 is 2.67 bits per heavy atom. The average molecular weight is 620 g/mol. The van der Waals surface area contributed by atoms with Gasteiger partial charge in [0.1, 0.15) is 29.2 Å². The maximum Gasteiger partial charge on any atom is 0.355 e. The Labute approximate surface area is 253 Å². The highest BCUT2D eigenvalue weighted by Crippen LogP contribution is 2.52. The van der Waals surface area contributed by atoms with Gasteiger partial charge < -0.3 is 14.7 Å². The number of thioether (sulfide) groups is 1. The third-order valence-corrected chi connectivity index (χ3v) is 9.62. The number of aliphatic hydroxyl groups excluding tert-OH is 1. The number of aliphatic hydroxyl groups is 1. The van der Waals surface area contributed by atoms with Gasteiger partial charge in [-0.3, -0.25) is 29.1 Å². The molecule has 0 bridgehead atoms. The number of pyridine rings is 1. The molecule has 0 aliphatic carbocycles. The lowest BCUT2D eigenvalue weighted by atomic mass is 9.77. The van der Waals surface area contributed by atoms with Crippen LogP contribution in [0.15, 0.2) is 65.8 Å². The minimum absolute atomic E-state index is 0.0856. The standard InChI is InChI=1S/C29H25N5O7S2/c1-14-21(20-11-32-13-31-23(28(32)43-20)26(36)17-8-19(42-3)10-30-9-17)25(33-24(14)22(15(2)35)27(33)37)29(38)41-12-16-4-6-18(7-5-16)34(39)40/h4-11,13-15,22,24,35H,12H2,1-3H3/t14-,15+,22+,24+/m0/s1. The van der Waals surface area contributed by atoms with Gasteiger partial charge in [0.25, 0.3) is 5.69 Å². The maximum atomic E-state index is 13.6. The molecule has 6 rings (SSSR count). The van der Waals surface area contributed by atoms with E-state index in [4.69, 9.17) is 4.74 Å². The Morgan fingerprint density at radius 1 is 1.26 bits per heavy atom. The summed E-state index contributed by atoms with van der Waals surface area (Å²) < 4.78 is 7.32. The van der Waals surface area contributed by atoms with Gasteiger partial charge in [-0.2, -0.15) is 0 Å². The van der Waals surface area contributed by atoms with Crippen molar-refractivity contribution in [2.45, 2.75) is 37.5 Å². The molecule has 1 saturated heterocycles. The summed E-state index contributed by atoms with van der Waals surface area (Å²) in [6.07, 6.45) is 7.45. The summed E-state index contributed by atoms with van der Waals surface area (Å²) in [5, 5.41) is 21.3. The van der Waals surface area contributed by atoms with Gasteiger partial charge >= 0.3 is 5.97 Å². The highest BCUT2D eigenvalue weighted by Gasteiger charge is 2.60. The van der Waals surface area contributed by atoms with Crippen molar-refractivity contribution in [1.29, 1.82) is 0 Å². The van der Waals surface area contributed by atoms with Crippen LogP contribution >= 0.6 is 23.1 Å². The molecule has 0 unspecified atom stereocenters. The van der Waals surface area contributed by atoms with Crippen LogP contribution < -0.4 is 0 Å². The predicted molar refractivity (Wildman–Crippen MR) is 157 cm³/mol. The Balaban J connectivity index is 1.36. The van der Waals surface area contributed by atoms with Crippen molar-refractivity contribution in [1.82, 2.24) is 19.3 Å². The molecule has 0 spiro atoms. The van der Waals surface area contributed by atoms with E-state index in [1.807, 2.05) is 13.2 Å². The van der Waals surface area contributed by atoms with E-state index in [-0.39, 0.29) is 41.3 Å². The first-order chi connectivity index (χ1) is 20.6. The normalized spacial score (nSPS) is 20.2. The number of amides is 1. The zero-order valence-electron chi connectivity index (χ0n) is 23.2. The quantitative estimate of drug-likeness (QED) is 0.0726. The van der Waals surface area contributed by atoms with Crippen molar-refractivity contribution in [3.05, 3.63) is 92.8 Å². The number of ketones is 1. The van der Waals surface area contributed by atoms with Crippen LogP contribution in [0.5, 0.6) is 0 Å². The number of hydrogen-bond acceptors (Lipinski definition) is 11. The maximum absolute atomic E-state index is 13.6. The number of nitrogens with zero attached hydrogens (tertiary/aromatic N) is 5. The summed E-state index contributed by atoms with van der Waals surface area (Å²) >= 11 is 2.74. The lowest BCUT2D eigenvalue weighted by Gasteiger charge is -2.46. The fourth-order valence-electron chi connectivity index (χ4n) is 5.69. The molecule has 12 nitrogen and oxygen atoms in total. The van der Waals surface area contributed by atoms with Crippen molar-refractivity contribution in [2.24, 2.45) is 11.8 Å². The molecule has 3 aromatic heterocycles. The Morgan fingerprint density at radius 2 is 2.00 bits per heavy atom. The zero-order valence-corrected chi connectivity index (χ0v) is 24.8. The molecule has 2 aliphatic rings. The number of carbonyl (C=O) groups is 3. The lowest BCUT2D eigenvalue weighted by molar-refractivity contribution is -0.384. The second kappa shape index (κ2) is 11.0. The molecule has 1 amide bonds. The Hall–Kier alpha value is -4.40. The molecule has 1 N–H and O–H groups in total. The van der Waals surface area contributed by atoms with Crippen molar-refractivity contribution in [3.8, 4) is 0 Å². The predicted octanol–water partition coefficient (Wildman–Crippen LogP) is 3.96. The third-order valence-electron chi connectivity index (χ3n) is 7.79. The molecular weight excluding hydrogens is 594 g/mol. The number of non-ortho nitro benzene ring substituents is 1. The average Bonchev–Trinajstić information content (AvgIpc) is 3.65. The number of aromatic nitrogens is 3. The van der Waals surface area contributed by atoms with E-state index >= 15 is 0 Å². The van der Waals surface area contributed by atoms with Crippen LogP contribution in [-0.4, -0.2) is 65.4 Å². The number of β-lactam (4-membered cyclic amide) rings is 1. The van der Waals surface area contributed by atoms with E-state index in [1.54, 1.807) is 29.8 Å². The van der Waals surface area contributed by atoms with Crippen LogP contribution in [0.3, 0.4) is 0 Å². The van der Waals surface area contributed by atoms with E-state index in [2.05, 4.69) is 9.97 Å². The number of nitro benzene ring substituents is 1. The molecule has 1 fully saturated rings. The Bertz CT molecular complexity index is 1830. The zero-order chi connectivity index (χ0) is 30.6. The number of nitro groups is 1. The van der Waals surface area contributed by atoms with Crippen LogP contribution in [0.4, 0.5) is 5.69 Å². The van der Waals surface area contributed by atoms with Crippen LogP contribution in [-0.2, 0) is 20.9 Å². The lowest BCUT2D eigenvalue weighted by Crippen LogP contribution is -2.63. The molecule has 220 valence electrons. The first kappa shape index (κ1) is 28.7. The van der Waals surface area contributed by atoms with Gasteiger partial charge in [-0.15, -0.1) is 23.1 Å². The summed E-state index contributed by atoms with van der Waals surface area (Å²) in [5.41, 5.74) is 1.77. The number of rotatable bonds is 9. The van der Waals surface area contributed by atoms with Gasteiger partial charge in [-0.05, 0) is 36.9 Å². The van der Waals surface area contributed by atoms with Crippen molar-refractivity contribution in [3.63, 3.8) is 0 Å². The topological polar surface area (TPSA) is 157 Å². The molecule has 5 heterocycles. The summed E-state index contributed by atoms with van der Waals surface area (Å²) in [4.78, 5) is 62.6. The van der Waals surface area contributed by atoms with E-state index in [9.17, 15) is 29.6 Å². The molecule has 2 aliphatic heterocycles.